The molecule has 158 valence electrons. The number of nitrogens with zero attached hydrogens (tertiary/aromatic N) is 3. The van der Waals surface area contributed by atoms with Crippen LogP contribution >= 0.6 is 0 Å². The quantitative estimate of drug-likeness (QED) is 0.673. The number of piperazine rings is 1. The Morgan fingerprint density at radius 2 is 1.71 bits per heavy atom. The number of hydrogen-bond acceptors (Lipinski definition) is 5. The van der Waals surface area contributed by atoms with Crippen LogP contribution in [0.25, 0.3) is 0 Å². The number of sulfonamides is 1. The molecule has 28 heavy (non-hydrogen) atoms. The van der Waals surface area contributed by atoms with E-state index in [1.807, 2.05) is 13.8 Å². The summed E-state index contributed by atoms with van der Waals surface area (Å²) in [7, 11) is -3.54. The Morgan fingerprint density at radius 3 is 2.29 bits per heavy atom. The van der Waals surface area contributed by atoms with Gasteiger partial charge in [-0.3, -0.25) is 9.69 Å². The van der Waals surface area contributed by atoms with Gasteiger partial charge < -0.3 is 10.2 Å². The molecule has 0 unspecified atom stereocenters. The fourth-order valence-corrected chi connectivity index (χ4v) is 5.00. The van der Waals surface area contributed by atoms with Crippen LogP contribution in [0.3, 0.4) is 0 Å². The Kier molecular flexibility index (Phi) is 8.42. The van der Waals surface area contributed by atoms with Gasteiger partial charge in [0, 0.05) is 51.5 Å². The number of benzene rings is 1. The molecule has 8 heteroatoms. The molecule has 0 bridgehead atoms. The molecule has 0 saturated carbocycles. The molecular formula is C20H34N4O3S. The predicted octanol–water partition coefficient (Wildman–Crippen LogP) is 1.93. The zero-order valence-electron chi connectivity index (χ0n) is 17.5. The monoisotopic (exact) mass is 410 g/mol. The van der Waals surface area contributed by atoms with Crippen molar-refractivity contribution >= 4 is 21.6 Å². The van der Waals surface area contributed by atoms with Crippen molar-refractivity contribution in [3.63, 3.8) is 0 Å². The van der Waals surface area contributed by atoms with Crippen LogP contribution in [0.4, 0.5) is 5.69 Å². The van der Waals surface area contributed by atoms with Crippen molar-refractivity contribution in [1.82, 2.24) is 14.1 Å². The fraction of sp³-hybridized carbons (Fsp3) is 0.650. The summed E-state index contributed by atoms with van der Waals surface area (Å²) in [6.45, 7) is 14.0. The summed E-state index contributed by atoms with van der Waals surface area (Å²) in [4.78, 5) is 17.2. The third-order valence-electron chi connectivity index (χ3n) is 4.92. The second-order valence-corrected chi connectivity index (χ2v) is 9.57. The fourth-order valence-electron chi connectivity index (χ4n) is 3.50. The zero-order chi connectivity index (χ0) is 20.7. The van der Waals surface area contributed by atoms with E-state index in [0.717, 1.165) is 32.7 Å². The Hall–Kier alpha value is -1.48. The van der Waals surface area contributed by atoms with Crippen LogP contribution in [0.2, 0.25) is 0 Å². The summed E-state index contributed by atoms with van der Waals surface area (Å²) in [6, 6.07) is 6.49. The smallest absolute Gasteiger partial charge is 0.243 e. The SMILES string of the molecule is CCN(CC)S(=O)(=O)c1cccc(NC(=O)CN2CCN(CC(C)C)CC2)c1. The molecule has 1 heterocycles. The van der Waals surface area contributed by atoms with Crippen LogP contribution in [0, 0.1) is 5.92 Å². The minimum Gasteiger partial charge on any atom is -0.325 e. The molecule has 1 aromatic carbocycles. The highest BCUT2D eigenvalue weighted by Gasteiger charge is 2.22. The van der Waals surface area contributed by atoms with E-state index in [0.29, 0.717) is 31.2 Å². The first-order valence-electron chi connectivity index (χ1n) is 10.1. The van der Waals surface area contributed by atoms with Crippen molar-refractivity contribution < 1.29 is 13.2 Å². The van der Waals surface area contributed by atoms with Gasteiger partial charge in [0.2, 0.25) is 15.9 Å². The average Bonchev–Trinajstić information content (AvgIpc) is 2.64. The molecule has 1 amide bonds. The summed E-state index contributed by atoms with van der Waals surface area (Å²) < 4.78 is 26.7. The van der Waals surface area contributed by atoms with E-state index in [1.165, 1.54) is 10.4 Å². The lowest BCUT2D eigenvalue weighted by Crippen LogP contribution is -2.49. The molecule has 7 nitrogen and oxygen atoms in total. The molecule has 0 aliphatic carbocycles. The lowest BCUT2D eigenvalue weighted by Gasteiger charge is -2.35. The van der Waals surface area contributed by atoms with E-state index in [1.54, 1.807) is 18.2 Å². The van der Waals surface area contributed by atoms with Gasteiger partial charge in [0.05, 0.1) is 11.4 Å². The van der Waals surface area contributed by atoms with Gasteiger partial charge in [0.1, 0.15) is 0 Å². The second kappa shape index (κ2) is 10.3. The first-order chi connectivity index (χ1) is 13.3. The van der Waals surface area contributed by atoms with Gasteiger partial charge in [0.15, 0.2) is 0 Å². The normalized spacial score (nSPS) is 16.6. The van der Waals surface area contributed by atoms with Crippen LogP contribution in [-0.4, -0.2) is 80.8 Å². The van der Waals surface area contributed by atoms with Crippen LogP contribution in [0.1, 0.15) is 27.7 Å². The molecule has 0 radical (unpaired) electrons. The highest BCUT2D eigenvalue weighted by Crippen LogP contribution is 2.19. The van der Waals surface area contributed by atoms with E-state index in [2.05, 4.69) is 29.0 Å². The second-order valence-electron chi connectivity index (χ2n) is 7.64. The van der Waals surface area contributed by atoms with Crippen molar-refractivity contribution in [3.8, 4) is 0 Å². The van der Waals surface area contributed by atoms with Crippen LogP contribution in [0.5, 0.6) is 0 Å². The van der Waals surface area contributed by atoms with E-state index >= 15 is 0 Å². The van der Waals surface area contributed by atoms with Crippen LogP contribution in [0.15, 0.2) is 29.2 Å². The molecule has 1 aromatic rings. The molecule has 1 N–H and O–H groups in total. The maximum absolute atomic E-state index is 12.7. The zero-order valence-corrected chi connectivity index (χ0v) is 18.3. The summed E-state index contributed by atoms with van der Waals surface area (Å²) in [6.07, 6.45) is 0. The Bertz CT molecular complexity index is 740. The highest BCUT2D eigenvalue weighted by atomic mass is 32.2. The topological polar surface area (TPSA) is 73.0 Å². The lowest BCUT2D eigenvalue weighted by atomic mass is 10.2. The number of carbonyl (C=O) groups is 1. The van der Waals surface area contributed by atoms with E-state index < -0.39 is 10.0 Å². The first-order valence-corrected chi connectivity index (χ1v) is 11.5. The first kappa shape index (κ1) is 22.8. The van der Waals surface area contributed by atoms with Crippen LogP contribution < -0.4 is 5.32 Å². The van der Waals surface area contributed by atoms with Gasteiger partial charge in [-0.05, 0) is 24.1 Å². The summed E-state index contributed by atoms with van der Waals surface area (Å²) in [5, 5.41) is 2.84. The maximum Gasteiger partial charge on any atom is 0.243 e. The highest BCUT2D eigenvalue weighted by molar-refractivity contribution is 7.89. The minimum absolute atomic E-state index is 0.116. The van der Waals surface area contributed by atoms with Gasteiger partial charge in [-0.25, -0.2) is 8.42 Å². The molecular weight excluding hydrogens is 376 g/mol. The minimum atomic E-state index is -3.54. The Balaban J connectivity index is 1.93. The Morgan fingerprint density at radius 1 is 1.11 bits per heavy atom. The van der Waals surface area contributed by atoms with Crippen molar-refractivity contribution in [1.29, 1.82) is 0 Å². The number of amides is 1. The maximum atomic E-state index is 12.7. The molecule has 1 aliphatic rings. The Labute approximate surface area is 169 Å². The average molecular weight is 411 g/mol. The van der Waals surface area contributed by atoms with E-state index in [-0.39, 0.29) is 10.8 Å². The van der Waals surface area contributed by atoms with Crippen LogP contribution in [-0.2, 0) is 14.8 Å². The van der Waals surface area contributed by atoms with Crippen molar-refractivity contribution in [2.75, 3.05) is 57.7 Å². The third kappa shape index (κ3) is 6.27. The van der Waals surface area contributed by atoms with Crippen molar-refractivity contribution in [3.05, 3.63) is 24.3 Å². The van der Waals surface area contributed by atoms with Gasteiger partial charge >= 0.3 is 0 Å². The summed E-state index contributed by atoms with van der Waals surface area (Å²) >= 11 is 0. The predicted molar refractivity (Wildman–Crippen MR) is 113 cm³/mol. The standard InChI is InChI=1S/C20H34N4O3S/c1-5-24(6-2)28(26,27)19-9-7-8-18(14-19)21-20(25)16-23-12-10-22(11-13-23)15-17(3)4/h7-9,14,17H,5-6,10-13,15-16H2,1-4H3,(H,21,25). The molecule has 1 fully saturated rings. The largest absolute Gasteiger partial charge is 0.325 e. The van der Waals surface area contributed by atoms with Gasteiger partial charge in [-0.2, -0.15) is 4.31 Å². The number of rotatable bonds is 9. The van der Waals surface area contributed by atoms with E-state index in [9.17, 15) is 13.2 Å². The molecule has 0 spiro atoms. The van der Waals surface area contributed by atoms with E-state index in [4.69, 9.17) is 0 Å². The van der Waals surface area contributed by atoms with Crippen molar-refractivity contribution in [2.45, 2.75) is 32.6 Å². The lowest BCUT2D eigenvalue weighted by molar-refractivity contribution is -0.117. The number of anilines is 1. The van der Waals surface area contributed by atoms with Gasteiger partial charge in [-0.15, -0.1) is 0 Å². The summed E-state index contributed by atoms with van der Waals surface area (Å²) in [5.41, 5.74) is 0.511. The molecule has 0 atom stereocenters. The molecule has 2 rings (SSSR count). The van der Waals surface area contributed by atoms with Crippen molar-refractivity contribution in [2.24, 2.45) is 5.92 Å². The number of carbonyl (C=O) groups excluding carboxylic acids is 1. The van der Waals surface area contributed by atoms with Gasteiger partial charge in [0.25, 0.3) is 0 Å². The number of nitrogens with one attached hydrogen (secondary N) is 1. The van der Waals surface area contributed by atoms with Gasteiger partial charge in [-0.1, -0.05) is 33.8 Å². The molecule has 0 aromatic heterocycles. The molecule has 1 saturated heterocycles. The number of hydrogen-bond donors (Lipinski definition) is 1. The molecule has 1 aliphatic heterocycles. The summed E-state index contributed by atoms with van der Waals surface area (Å²) in [5.74, 6) is 0.532. The third-order valence-corrected chi connectivity index (χ3v) is 6.96.